The van der Waals surface area contributed by atoms with Crippen LogP contribution in [0.25, 0.3) is 0 Å². The Balaban J connectivity index is 2.00. The molecule has 1 heterocycles. The van der Waals surface area contributed by atoms with Gasteiger partial charge in [-0.15, -0.1) is 0 Å². The van der Waals surface area contributed by atoms with Crippen LogP contribution in [0.3, 0.4) is 0 Å². The highest BCUT2D eigenvalue weighted by atomic mass is 16.5. The molecule has 1 aromatic carbocycles. The molecule has 0 radical (unpaired) electrons. The van der Waals surface area contributed by atoms with Crippen molar-refractivity contribution in [3.05, 3.63) is 29.8 Å². The molecule has 0 bridgehead atoms. The second kappa shape index (κ2) is 6.76. The molecule has 0 aromatic heterocycles. The Hall–Kier alpha value is -1.06. The fourth-order valence-electron chi connectivity index (χ4n) is 2.53. The first-order valence-electron chi connectivity index (χ1n) is 6.85. The highest BCUT2D eigenvalue weighted by Crippen LogP contribution is 2.22. The lowest BCUT2D eigenvalue weighted by molar-refractivity contribution is 0.329. The van der Waals surface area contributed by atoms with Crippen LogP contribution in [-0.2, 0) is 0 Å². The number of nitrogens with one attached hydrogen (secondary N) is 1. The van der Waals surface area contributed by atoms with Gasteiger partial charge in [-0.25, -0.2) is 0 Å². The Labute approximate surface area is 110 Å². The number of methoxy groups -OCH3 is 1. The first-order valence-corrected chi connectivity index (χ1v) is 6.85. The van der Waals surface area contributed by atoms with Gasteiger partial charge in [-0.3, -0.25) is 0 Å². The molecule has 3 heteroatoms. The first-order chi connectivity index (χ1) is 8.79. The Morgan fingerprint density at radius 1 is 1.17 bits per heavy atom. The van der Waals surface area contributed by atoms with E-state index in [9.17, 15) is 0 Å². The van der Waals surface area contributed by atoms with Crippen molar-refractivity contribution >= 4 is 0 Å². The number of hydrogen-bond donors (Lipinski definition) is 1. The van der Waals surface area contributed by atoms with Gasteiger partial charge in [-0.2, -0.15) is 0 Å². The number of hydrogen-bond acceptors (Lipinski definition) is 3. The average Bonchev–Trinajstić information content (AvgIpc) is 2.51. The maximum Gasteiger partial charge on any atom is 0.118 e. The summed E-state index contributed by atoms with van der Waals surface area (Å²) in [7, 11) is 3.93. The van der Waals surface area contributed by atoms with E-state index >= 15 is 0 Å². The zero-order valence-electron chi connectivity index (χ0n) is 11.5. The van der Waals surface area contributed by atoms with E-state index in [1.165, 1.54) is 37.9 Å². The summed E-state index contributed by atoms with van der Waals surface area (Å²) in [5.41, 5.74) is 1.38. The van der Waals surface area contributed by atoms with E-state index < -0.39 is 0 Å². The standard InChI is InChI=1S/C15H24N2O/c1-17-11-3-5-15(16-10-4-12-17)13-6-8-14(18-2)9-7-13/h6-9,15-16H,3-5,10-12H2,1-2H3. The minimum atomic E-state index is 0.488. The molecule has 1 atom stereocenters. The van der Waals surface area contributed by atoms with Crippen LogP contribution in [0.15, 0.2) is 24.3 Å². The Bertz CT molecular complexity index is 350. The van der Waals surface area contributed by atoms with Gasteiger partial charge in [0.05, 0.1) is 7.11 Å². The average molecular weight is 248 g/mol. The number of benzene rings is 1. The summed E-state index contributed by atoms with van der Waals surface area (Å²) in [6.07, 6.45) is 3.68. The highest BCUT2D eigenvalue weighted by molar-refractivity contribution is 5.29. The zero-order valence-corrected chi connectivity index (χ0v) is 11.5. The van der Waals surface area contributed by atoms with Crippen molar-refractivity contribution in [3.63, 3.8) is 0 Å². The summed E-state index contributed by atoms with van der Waals surface area (Å²) in [6.45, 7) is 3.50. The molecular weight excluding hydrogens is 224 g/mol. The van der Waals surface area contributed by atoms with Crippen LogP contribution in [0.5, 0.6) is 5.75 Å². The van der Waals surface area contributed by atoms with Crippen LogP contribution < -0.4 is 10.1 Å². The van der Waals surface area contributed by atoms with Gasteiger partial charge < -0.3 is 15.0 Å². The van der Waals surface area contributed by atoms with E-state index in [2.05, 4.69) is 41.5 Å². The molecule has 1 saturated heterocycles. The van der Waals surface area contributed by atoms with Crippen molar-refractivity contribution in [1.29, 1.82) is 0 Å². The highest BCUT2D eigenvalue weighted by Gasteiger charge is 2.13. The molecule has 0 amide bonds. The minimum Gasteiger partial charge on any atom is -0.497 e. The van der Waals surface area contributed by atoms with Crippen molar-refractivity contribution < 1.29 is 4.74 Å². The zero-order chi connectivity index (χ0) is 12.8. The van der Waals surface area contributed by atoms with Crippen LogP contribution >= 0.6 is 0 Å². The molecule has 0 saturated carbocycles. The molecule has 1 aliphatic rings. The fourth-order valence-corrected chi connectivity index (χ4v) is 2.53. The summed E-state index contributed by atoms with van der Waals surface area (Å²) in [5.74, 6) is 0.932. The third-order valence-electron chi connectivity index (χ3n) is 3.66. The van der Waals surface area contributed by atoms with Gasteiger partial charge in [0.15, 0.2) is 0 Å². The van der Waals surface area contributed by atoms with Crippen molar-refractivity contribution in [3.8, 4) is 5.75 Å². The quantitative estimate of drug-likeness (QED) is 0.870. The third kappa shape index (κ3) is 3.72. The van der Waals surface area contributed by atoms with Crippen LogP contribution in [0.4, 0.5) is 0 Å². The molecule has 0 aliphatic carbocycles. The van der Waals surface area contributed by atoms with Crippen LogP contribution in [-0.4, -0.2) is 38.7 Å². The molecule has 100 valence electrons. The van der Waals surface area contributed by atoms with Crippen LogP contribution in [0.1, 0.15) is 30.9 Å². The van der Waals surface area contributed by atoms with Gasteiger partial charge in [0.2, 0.25) is 0 Å². The summed E-state index contributed by atoms with van der Waals surface area (Å²) in [6, 6.07) is 8.95. The van der Waals surface area contributed by atoms with E-state index in [4.69, 9.17) is 4.74 Å². The maximum absolute atomic E-state index is 5.21. The second-order valence-electron chi connectivity index (χ2n) is 5.08. The lowest BCUT2D eigenvalue weighted by Crippen LogP contribution is -2.23. The molecule has 1 fully saturated rings. The number of ether oxygens (including phenoxy) is 1. The van der Waals surface area contributed by atoms with Crippen LogP contribution in [0.2, 0.25) is 0 Å². The summed E-state index contributed by atoms with van der Waals surface area (Å²) < 4.78 is 5.21. The predicted molar refractivity (Wildman–Crippen MR) is 75.1 cm³/mol. The Morgan fingerprint density at radius 2 is 1.89 bits per heavy atom. The molecule has 1 unspecified atom stereocenters. The molecule has 1 N–H and O–H groups in total. The normalized spacial score (nSPS) is 22.9. The van der Waals surface area contributed by atoms with E-state index in [0.29, 0.717) is 6.04 Å². The SMILES string of the molecule is COc1ccc(C2CCCN(C)CCCN2)cc1. The molecule has 3 nitrogen and oxygen atoms in total. The van der Waals surface area contributed by atoms with Gasteiger partial charge in [0.1, 0.15) is 5.75 Å². The van der Waals surface area contributed by atoms with E-state index in [1.807, 2.05) is 0 Å². The van der Waals surface area contributed by atoms with Crippen molar-refractivity contribution in [1.82, 2.24) is 10.2 Å². The molecule has 1 aromatic rings. The Kier molecular flexibility index (Phi) is 5.02. The van der Waals surface area contributed by atoms with Gasteiger partial charge in [0.25, 0.3) is 0 Å². The minimum absolute atomic E-state index is 0.488. The van der Waals surface area contributed by atoms with Gasteiger partial charge in [-0.1, -0.05) is 12.1 Å². The lowest BCUT2D eigenvalue weighted by atomic mass is 10.0. The Morgan fingerprint density at radius 3 is 2.61 bits per heavy atom. The van der Waals surface area contributed by atoms with E-state index in [0.717, 1.165) is 12.3 Å². The van der Waals surface area contributed by atoms with Gasteiger partial charge in [-0.05, 0) is 63.6 Å². The van der Waals surface area contributed by atoms with Crippen molar-refractivity contribution in [2.75, 3.05) is 33.8 Å². The first kappa shape index (κ1) is 13.4. The monoisotopic (exact) mass is 248 g/mol. The molecule has 2 rings (SSSR count). The topological polar surface area (TPSA) is 24.5 Å². The van der Waals surface area contributed by atoms with E-state index in [1.54, 1.807) is 7.11 Å². The fraction of sp³-hybridized carbons (Fsp3) is 0.600. The second-order valence-corrected chi connectivity index (χ2v) is 5.08. The molecule has 18 heavy (non-hydrogen) atoms. The maximum atomic E-state index is 5.21. The van der Waals surface area contributed by atoms with Crippen molar-refractivity contribution in [2.45, 2.75) is 25.3 Å². The van der Waals surface area contributed by atoms with Crippen molar-refractivity contribution in [2.24, 2.45) is 0 Å². The number of nitrogens with zero attached hydrogens (tertiary/aromatic N) is 1. The van der Waals surface area contributed by atoms with Gasteiger partial charge in [0, 0.05) is 6.04 Å². The van der Waals surface area contributed by atoms with Gasteiger partial charge >= 0.3 is 0 Å². The van der Waals surface area contributed by atoms with E-state index in [-0.39, 0.29) is 0 Å². The number of rotatable bonds is 2. The third-order valence-corrected chi connectivity index (χ3v) is 3.66. The largest absolute Gasteiger partial charge is 0.497 e. The molecular formula is C15H24N2O. The van der Waals surface area contributed by atoms with Crippen LogP contribution in [0, 0.1) is 0 Å². The smallest absolute Gasteiger partial charge is 0.118 e. The lowest BCUT2D eigenvalue weighted by Gasteiger charge is -2.18. The molecule has 1 aliphatic heterocycles. The summed E-state index contributed by atoms with van der Waals surface area (Å²) in [4.78, 5) is 2.43. The summed E-state index contributed by atoms with van der Waals surface area (Å²) in [5, 5.41) is 3.67. The summed E-state index contributed by atoms with van der Waals surface area (Å²) >= 11 is 0. The predicted octanol–water partition coefficient (Wildman–Crippen LogP) is 2.44. The molecule has 0 spiro atoms.